The predicted molar refractivity (Wildman–Crippen MR) is 133 cm³/mol. The molecule has 174 valence electrons. The second kappa shape index (κ2) is 7.91. The van der Waals surface area contributed by atoms with Crippen molar-refractivity contribution in [1.29, 1.82) is 0 Å². The molecule has 0 aliphatic carbocycles. The van der Waals surface area contributed by atoms with Gasteiger partial charge in [0, 0.05) is 34.6 Å². The standard InChI is InChI=1S/C23H20Cl2N6O2S/c1-13-6-8-30(9-7-13)34(32,33)15-3-5-19-17(11-15)21-22(26-19)28-23-27-20(12-31(23)29-21)16-4-2-14(24)10-18(16)25/h2-5,10-13H,6-9H2,1H3,(H,26,27,28). The molecule has 1 saturated heterocycles. The molecule has 0 spiro atoms. The first-order chi connectivity index (χ1) is 16.3. The third kappa shape index (κ3) is 3.54. The fraction of sp³-hybridized carbons (Fsp3) is 0.261. The van der Waals surface area contributed by atoms with Crippen LogP contribution in [0.25, 0.3) is 39.1 Å². The average Bonchev–Trinajstić information content (AvgIpc) is 3.37. The van der Waals surface area contributed by atoms with Gasteiger partial charge in [-0.15, -0.1) is 0 Å². The SMILES string of the molecule is CC1CCN(S(=O)(=O)c2ccc3[nH]c4nc5nc(-c6ccc(Cl)cc6Cl)cn5nc4c3c2)CC1. The van der Waals surface area contributed by atoms with Crippen LogP contribution in [0.1, 0.15) is 19.8 Å². The molecule has 2 aromatic carbocycles. The molecule has 0 atom stereocenters. The summed E-state index contributed by atoms with van der Waals surface area (Å²) in [5.74, 6) is 0.943. The van der Waals surface area contributed by atoms with Gasteiger partial charge < -0.3 is 4.98 Å². The van der Waals surface area contributed by atoms with Crippen molar-refractivity contribution in [3.05, 3.63) is 52.6 Å². The summed E-state index contributed by atoms with van der Waals surface area (Å²) in [6, 6.07) is 10.3. The third-order valence-electron chi connectivity index (χ3n) is 6.40. The number of piperidine rings is 1. The van der Waals surface area contributed by atoms with E-state index >= 15 is 0 Å². The van der Waals surface area contributed by atoms with Gasteiger partial charge in [-0.05, 0) is 55.2 Å². The van der Waals surface area contributed by atoms with Gasteiger partial charge in [0.25, 0.3) is 5.78 Å². The highest BCUT2D eigenvalue weighted by atomic mass is 35.5. The van der Waals surface area contributed by atoms with Crippen molar-refractivity contribution in [2.45, 2.75) is 24.7 Å². The van der Waals surface area contributed by atoms with Crippen LogP contribution < -0.4 is 0 Å². The van der Waals surface area contributed by atoms with E-state index < -0.39 is 10.0 Å². The highest BCUT2D eigenvalue weighted by Crippen LogP contribution is 2.31. The summed E-state index contributed by atoms with van der Waals surface area (Å²) in [6.07, 6.45) is 3.49. The Morgan fingerprint density at radius 1 is 1.06 bits per heavy atom. The van der Waals surface area contributed by atoms with Crippen molar-refractivity contribution < 1.29 is 8.42 Å². The first-order valence-corrected chi connectivity index (χ1v) is 13.1. The molecular formula is C23H20Cl2N6O2S. The molecule has 1 fully saturated rings. The summed E-state index contributed by atoms with van der Waals surface area (Å²) in [5, 5.41) is 6.40. The number of nitrogens with zero attached hydrogens (tertiary/aromatic N) is 5. The molecule has 34 heavy (non-hydrogen) atoms. The first kappa shape index (κ1) is 21.8. The number of aromatic nitrogens is 5. The minimum Gasteiger partial charge on any atom is -0.338 e. The van der Waals surface area contributed by atoms with Gasteiger partial charge in [-0.25, -0.2) is 17.9 Å². The van der Waals surface area contributed by atoms with Gasteiger partial charge in [-0.2, -0.15) is 14.4 Å². The molecule has 0 amide bonds. The fourth-order valence-electron chi connectivity index (χ4n) is 4.41. The molecule has 3 aromatic heterocycles. The minimum absolute atomic E-state index is 0.261. The molecule has 0 bridgehead atoms. The Morgan fingerprint density at radius 3 is 2.62 bits per heavy atom. The lowest BCUT2D eigenvalue weighted by atomic mass is 10.0. The Morgan fingerprint density at radius 2 is 1.85 bits per heavy atom. The average molecular weight is 515 g/mol. The van der Waals surface area contributed by atoms with Crippen LogP contribution >= 0.6 is 23.2 Å². The van der Waals surface area contributed by atoms with Crippen LogP contribution in [0.15, 0.2) is 47.5 Å². The Labute approximate surface area is 205 Å². The van der Waals surface area contributed by atoms with Crippen LogP contribution in [0.4, 0.5) is 0 Å². The van der Waals surface area contributed by atoms with E-state index in [0.717, 1.165) is 23.9 Å². The van der Waals surface area contributed by atoms with Crippen molar-refractivity contribution >= 4 is 61.1 Å². The first-order valence-electron chi connectivity index (χ1n) is 10.9. The molecule has 1 N–H and O–H groups in total. The monoisotopic (exact) mass is 514 g/mol. The smallest absolute Gasteiger partial charge is 0.253 e. The number of aromatic amines is 1. The van der Waals surface area contributed by atoms with Crippen LogP contribution in [0, 0.1) is 5.92 Å². The number of benzene rings is 2. The predicted octanol–water partition coefficient (Wildman–Crippen LogP) is 5.15. The van der Waals surface area contributed by atoms with Crippen LogP contribution in [0.3, 0.4) is 0 Å². The summed E-state index contributed by atoms with van der Waals surface area (Å²) in [5.41, 5.74) is 3.19. The summed E-state index contributed by atoms with van der Waals surface area (Å²) in [6.45, 7) is 3.24. The maximum absolute atomic E-state index is 13.3. The summed E-state index contributed by atoms with van der Waals surface area (Å²) in [4.78, 5) is 12.6. The second-order valence-corrected chi connectivity index (χ2v) is 11.5. The van der Waals surface area contributed by atoms with Crippen LogP contribution in [-0.4, -0.2) is 50.4 Å². The number of fused-ring (bicyclic) bond motifs is 4. The number of H-pyrrole nitrogens is 1. The van der Waals surface area contributed by atoms with E-state index in [-0.39, 0.29) is 4.90 Å². The van der Waals surface area contributed by atoms with Gasteiger partial charge >= 0.3 is 0 Å². The van der Waals surface area contributed by atoms with Crippen LogP contribution in [0.5, 0.6) is 0 Å². The normalized spacial score (nSPS) is 16.2. The quantitative estimate of drug-likeness (QED) is 0.359. The number of hydrogen-bond acceptors (Lipinski definition) is 5. The Kier molecular flexibility index (Phi) is 5.07. The lowest BCUT2D eigenvalue weighted by Gasteiger charge is -2.29. The Hall–Kier alpha value is -2.72. The number of nitrogens with one attached hydrogen (secondary N) is 1. The van der Waals surface area contributed by atoms with E-state index in [0.29, 0.717) is 57.1 Å². The van der Waals surface area contributed by atoms with Crippen molar-refractivity contribution in [2.75, 3.05) is 13.1 Å². The highest BCUT2D eigenvalue weighted by Gasteiger charge is 2.28. The van der Waals surface area contributed by atoms with Gasteiger partial charge in [0.1, 0.15) is 5.52 Å². The zero-order valence-electron chi connectivity index (χ0n) is 18.2. The molecule has 11 heteroatoms. The van der Waals surface area contributed by atoms with Crippen molar-refractivity contribution in [2.24, 2.45) is 5.92 Å². The number of hydrogen-bond donors (Lipinski definition) is 1. The molecule has 0 saturated carbocycles. The highest BCUT2D eigenvalue weighted by molar-refractivity contribution is 7.89. The lowest BCUT2D eigenvalue weighted by molar-refractivity contribution is 0.288. The topological polar surface area (TPSA) is 96.2 Å². The molecular weight excluding hydrogens is 495 g/mol. The maximum atomic E-state index is 13.3. The molecule has 6 rings (SSSR count). The fourth-order valence-corrected chi connectivity index (χ4v) is 6.41. The van der Waals surface area contributed by atoms with Gasteiger partial charge in [0.2, 0.25) is 10.0 Å². The molecule has 8 nitrogen and oxygen atoms in total. The van der Waals surface area contributed by atoms with Gasteiger partial charge in [-0.3, -0.25) is 0 Å². The van der Waals surface area contributed by atoms with Gasteiger partial charge in [0.05, 0.1) is 21.8 Å². The molecule has 1 aliphatic heterocycles. The summed E-state index contributed by atoms with van der Waals surface area (Å²) >= 11 is 12.4. The number of halogens is 2. The van der Waals surface area contributed by atoms with E-state index in [1.807, 2.05) is 0 Å². The van der Waals surface area contributed by atoms with Crippen molar-refractivity contribution in [1.82, 2.24) is 28.9 Å². The summed E-state index contributed by atoms with van der Waals surface area (Å²) < 4.78 is 29.7. The van der Waals surface area contributed by atoms with E-state index in [4.69, 9.17) is 23.2 Å². The van der Waals surface area contributed by atoms with E-state index in [2.05, 4.69) is 27.0 Å². The molecule has 5 aromatic rings. The van der Waals surface area contributed by atoms with E-state index in [9.17, 15) is 8.42 Å². The zero-order chi connectivity index (χ0) is 23.6. The third-order valence-corrected chi connectivity index (χ3v) is 8.84. The molecule has 0 unspecified atom stereocenters. The van der Waals surface area contributed by atoms with E-state index in [1.54, 1.807) is 51.4 Å². The molecule has 1 aliphatic rings. The summed E-state index contributed by atoms with van der Waals surface area (Å²) in [7, 11) is -3.58. The Balaban J connectivity index is 1.45. The van der Waals surface area contributed by atoms with Crippen molar-refractivity contribution in [3.8, 4) is 11.3 Å². The van der Waals surface area contributed by atoms with Gasteiger partial charge in [0.15, 0.2) is 5.65 Å². The van der Waals surface area contributed by atoms with Gasteiger partial charge in [-0.1, -0.05) is 30.1 Å². The lowest BCUT2D eigenvalue weighted by Crippen LogP contribution is -2.37. The van der Waals surface area contributed by atoms with Crippen LogP contribution in [0.2, 0.25) is 10.0 Å². The number of imidazole rings is 1. The molecule has 0 radical (unpaired) electrons. The minimum atomic E-state index is -3.58. The van der Waals surface area contributed by atoms with Crippen LogP contribution in [-0.2, 0) is 10.0 Å². The number of sulfonamides is 1. The Bertz CT molecular complexity index is 1690. The maximum Gasteiger partial charge on any atom is 0.253 e. The molecule has 4 heterocycles. The number of rotatable bonds is 3. The van der Waals surface area contributed by atoms with E-state index in [1.165, 1.54) is 0 Å². The van der Waals surface area contributed by atoms with Crippen molar-refractivity contribution in [3.63, 3.8) is 0 Å². The zero-order valence-corrected chi connectivity index (χ0v) is 20.5. The second-order valence-electron chi connectivity index (χ2n) is 8.72. The largest absolute Gasteiger partial charge is 0.338 e.